The van der Waals surface area contributed by atoms with Crippen LogP contribution in [-0.2, 0) is 4.79 Å². The lowest BCUT2D eigenvalue weighted by atomic mass is 9.39. The van der Waals surface area contributed by atoms with Crippen molar-refractivity contribution in [2.75, 3.05) is 0 Å². The summed E-state index contributed by atoms with van der Waals surface area (Å²) in [6.07, 6.45) is 12.5. The Morgan fingerprint density at radius 1 is 0.952 bits per heavy atom. The van der Waals surface area contributed by atoms with Crippen LogP contribution in [0.3, 0.4) is 0 Å². The van der Waals surface area contributed by atoms with Gasteiger partial charge in [-0.25, -0.2) is 0 Å². The van der Waals surface area contributed by atoms with Gasteiger partial charge in [0.2, 0.25) is 0 Å². The molecular weight excluding hydrogens is 256 g/mol. The van der Waals surface area contributed by atoms with Gasteiger partial charge in [-0.05, 0) is 84.9 Å². The Labute approximate surface area is 129 Å². The van der Waals surface area contributed by atoms with Gasteiger partial charge in [0.15, 0.2) is 0 Å². The standard InChI is InChI=1S/C20H30O/c1-17(12-21)6-4-7-18(2)15(17)5-8-20-10-14-13(9-16(18)20)19(14,3)11-20/h12-16H,4-11H2,1-3H3/t13-,14+,15-,16+,17+,18-,19-,20+/m1/s1. The summed E-state index contributed by atoms with van der Waals surface area (Å²) in [4.78, 5) is 11.9. The van der Waals surface area contributed by atoms with Gasteiger partial charge < -0.3 is 4.79 Å². The molecule has 1 spiro atoms. The van der Waals surface area contributed by atoms with E-state index >= 15 is 0 Å². The van der Waals surface area contributed by atoms with Crippen LogP contribution in [0, 0.1) is 45.3 Å². The molecule has 6 rings (SSSR count). The SMILES string of the molecule is C[C@@]12CCC[C@@](C)(C=O)[C@H]1CC[C@@]13C[C@H]4[C@@H](C[C@H]12)[C@@]4(C)C3. The van der Waals surface area contributed by atoms with Gasteiger partial charge in [0, 0.05) is 5.41 Å². The van der Waals surface area contributed by atoms with Crippen LogP contribution >= 0.6 is 0 Å². The molecule has 0 unspecified atom stereocenters. The minimum absolute atomic E-state index is 0.0257. The zero-order chi connectivity index (χ0) is 14.7. The Balaban J connectivity index is 1.56. The first-order chi connectivity index (χ1) is 9.88. The van der Waals surface area contributed by atoms with Gasteiger partial charge in [-0.1, -0.05) is 27.2 Å². The average molecular weight is 286 g/mol. The van der Waals surface area contributed by atoms with E-state index in [9.17, 15) is 4.79 Å². The lowest BCUT2D eigenvalue weighted by molar-refractivity contribution is -0.167. The molecule has 116 valence electrons. The van der Waals surface area contributed by atoms with E-state index in [2.05, 4.69) is 20.8 Å². The van der Waals surface area contributed by atoms with Crippen LogP contribution in [0.25, 0.3) is 0 Å². The molecule has 0 aliphatic heterocycles. The van der Waals surface area contributed by atoms with E-state index in [0.717, 1.165) is 29.6 Å². The van der Waals surface area contributed by atoms with Crippen LogP contribution < -0.4 is 0 Å². The zero-order valence-electron chi connectivity index (χ0n) is 14.0. The largest absolute Gasteiger partial charge is 0.303 e. The molecular formula is C20H30O. The van der Waals surface area contributed by atoms with Crippen molar-refractivity contribution in [1.82, 2.24) is 0 Å². The molecule has 8 atom stereocenters. The van der Waals surface area contributed by atoms with Crippen molar-refractivity contribution in [1.29, 1.82) is 0 Å². The molecule has 4 bridgehead atoms. The van der Waals surface area contributed by atoms with Gasteiger partial charge in [0.25, 0.3) is 0 Å². The van der Waals surface area contributed by atoms with Crippen molar-refractivity contribution in [3.63, 3.8) is 0 Å². The number of hydrogen-bond donors (Lipinski definition) is 0. The molecule has 21 heavy (non-hydrogen) atoms. The third-order valence-corrected chi connectivity index (χ3v) is 9.68. The lowest BCUT2D eigenvalue weighted by Gasteiger charge is -2.65. The quantitative estimate of drug-likeness (QED) is 0.630. The average Bonchev–Trinajstić information content (AvgIpc) is 2.90. The smallest absolute Gasteiger partial charge is 0.126 e. The summed E-state index contributed by atoms with van der Waals surface area (Å²) in [5.74, 6) is 3.72. The van der Waals surface area contributed by atoms with Crippen LogP contribution in [-0.4, -0.2) is 6.29 Å². The molecule has 6 aliphatic rings. The molecule has 0 aromatic rings. The lowest BCUT2D eigenvalue weighted by Crippen LogP contribution is -2.58. The van der Waals surface area contributed by atoms with Gasteiger partial charge in [-0.15, -0.1) is 0 Å². The van der Waals surface area contributed by atoms with E-state index in [1.165, 1.54) is 44.8 Å². The van der Waals surface area contributed by atoms with Crippen molar-refractivity contribution in [3.8, 4) is 0 Å². The Hall–Kier alpha value is -0.330. The van der Waals surface area contributed by atoms with Crippen molar-refractivity contribution in [3.05, 3.63) is 0 Å². The number of carbonyl (C=O) groups is 1. The summed E-state index contributed by atoms with van der Waals surface area (Å²) >= 11 is 0. The third kappa shape index (κ3) is 1.27. The molecule has 0 aromatic carbocycles. The first-order valence-electron chi connectivity index (χ1n) is 9.34. The predicted molar refractivity (Wildman–Crippen MR) is 83.7 cm³/mol. The Morgan fingerprint density at radius 2 is 1.76 bits per heavy atom. The highest BCUT2D eigenvalue weighted by Crippen LogP contribution is 2.85. The number of hydrogen-bond acceptors (Lipinski definition) is 1. The minimum atomic E-state index is -0.0257. The fourth-order valence-corrected chi connectivity index (χ4v) is 8.81. The van der Waals surface area contributed by atoms with Crippen LogP contribution in [0.5, 0.6) is 0 Å². The summed E-state index contributed by atoms with van der Waals surface area (Å²) < 4.78 is 0. The highest BCUT2D eigenvalue weighted by molar-refractivity contribution is 5.60. The van der Waals surface area contributed by atoms with E-state index in [4.69, 9.17) is 0 Å². The van der Waals surface area contributed by atoms with E-state index in [0.29, 0.717) is 16.7 Å². The maximum atomic E-state index is 11.9. The molecule has 1 nitrogen and oxygen atoms in total. The summed E-state index contributed by atoms with van der Waals surface area (Å²) in [6, 6.07) is 0. The molecule has 0 radical (unpaired) electrons. The van der Waals surface area contributed by atoms with Gasteiger partial charge in [-0.3, -0.25) is 0 Å². The first-order valence-corrected chi connectivity index (χ1v) is 9.34. The number of fused-ring (bicyclic) bond motifs is 1. The highest BCUT2D eigenvalue weighted by atomic mass is 16.1. The van der Waals surface area contributed by atoms with Crippen molar-refractivity contribution < 1.29 is 4.79 Å². The van der Waals surface area contributed by atoms with Gasteiger partial charge >= 0.3 is 0 Å². The second-order valence-corrected chi connectivity index (χ2v) is 10.3. The second-order valence-electron chi connectivity index (χ2n) is 10.3. The Kier molecular flexibility index (Phi) is 2.15. The van der Waals surface area contributed by atoms with Gasteiger partial charge in [0.05, 0.1) is 0 Å². The van der Waals surface area contributed by atoms with Crippen molar-refractivity contribution >= 4 is 6.29 Å². The number of rotatable bonds is 1. The van der Waals surface area contributed by atoms with E-state index < -0.39 is 0 Å². The summed E-state index contributed by atoms with van der Waals surface area (Å²) in [5.41, 5.74) is 1.85. The fraction of sp³-hybridized carbons (Fsp3) is 0.950. The third-order valence-electron chi connectivity index (χ3n) is 9.68. The minimum Gasteiger partial charge on any atom is -0.303 e. The maximum Gasteiger partial charge on any atom is 0.126 e. The van der Waals surface area contributed by atoms with Crippen LogP contribution in [0.4, 0.5) is 0 Å². The maximum absolute atomic E-state index is 11.9. The molecule has 0 amide bonds. The number of carbonyl (C=O) groups excluding carboxylic acids is 1. The number of aldehydes is 1. The van der Waals surface area contributed by atoms with Crippen molar-refractivity contribution in [2.45, 2.75) is 72.1 Å². The highest BCUT2D eigenvalue weighted by Gasteiger charge is 2.78. The molecule has 6 saturated carbocycles. The van der Waals surface area contributed by atoms with E-state index in [1.54, 1.807) is 6.42 Å². The second kappa shape index (κ2) is 3.44. The zero-order valence-corrected chi connectivity index (χ0v) is 14.0. The monoisotopic (exact) mass is 286 g/mol. The fourth-order valence-electron chi connectivity index (χ4n) is 8.81. The Morgan fingerprint density at radius 3 is 2.43 bits per heavy atom. The molecule has 0 heterocycles. The van der Waals surface area contributed by atoms with Crippen LogP contribution in [0.1, 0.15) is 72.1 Å². The van der Waals surface area contributed by atoms with Crippen LogP contribution in [0.15, 0.2) is 0 Å². The van der Waals surface area contributed by atoms with Crippen LogP contribution in [0.2, 0.25) is 0 Å². The summed E-state index contributed by atoms with van der Waals surface area (Å²) in [5, 5.41) is 0. The molecule has 6 fully saturated rings. The molecule has 0 N–H and O–H groups in total. The predicted octanol–water partition coefficient (Wildman–Crippen LogP) is 4.84. The van der Waals surface area contributed by atoms with E-state index in [1.807, 2.05) is 0 Å². The summed E-state index contributed by atoms with van der Waals surface area (Å²) in [7, 11) is 0. The molecule has 6 aliphatic carbocycles. The topological polar surface area (TPSA) is 17.1 Å². The van der Waals surface area contributed by atoms with Gasteiger partial charge in [0.1, 0.15) is 6.29 Å². The first kappa shape index (κ1) is 13.1. The van der Waals surface area contributed by atoms with E-state index in [-0.39, 0.29) is 5.41 Å². The molecule has 0 aromatic heterocycles. The summed E-state index contributed by atoms with van der Waals surface area (Å²) in [6.45, 7) is 7.44. The molecule has 1 heteroatoms. The normalized spacial score (nSPS) is 67.2. The molecule has 0 saturated heterocycles. The Bertz CT molecular complexity index is 526. The van der Waals surface area contributed by atoms with Crippen molar-refractivity contribution in [2.24, 2.45) is 45.3 Å². The van der Waals surface area contributed by atoms with Gasteiger partial charge in [-0.2, -0.15) is 0 Å².